The topological polar surface area (TPSA) is 77.0 Å². The number of hydrogen-bond donors (Lipinski definition) is 2. The molecule has 0 spiro atoms. The van der Waals surface area contributed by atoms with Crippen molar-refractivity contribution in [3.63, 3.8) is 0 Å². The van der Waals surface area contributed by atoms with Gasteiger partial charge in [0, 0.05) is 38.1 Å². The zero-order valence-corrected chi connectivity index (χ0v) is 15.3. The Labute approximate surface area is 150 Å². The third-order valence-electron chi connectivity index (χ3n) is 3.88. The fraction of sp³-hybridized carbons (Fsp3) is 0.667. The van der Waals surface area contributed by atoms with Crippen LogP contribution in [0.5, 0.6) is 5.88 Å². The van der Waals surface area contributed by atoms with E-state index in [1.807, 2.05) is 19.1 Å². The lowest BCUT2D eigenvalue weighted by molar-refractivity contribution is 0.0168. The van der Waals surface area contributed by atoms with Crippen molar-refractivity contribution in [2.24, 2.45) is 4.99 Å². The smallest absolute Gasteiger partial charge is 0.218 e. The number of hydrogen-bond acceptors (Lipinski definition) is 5. The maximum absolute atomic E-state index is 5.67. The fourth-order valence-corrected chi connectivity index (χ4v) is 2.61. The molecule has 1 unspecified atom stereocenters. The first-order chi connectivity index (χ1) is 12.3. The Morgan fingerprint density at radius 3 is 3.12 bits per heavy atom. The summed E-state index contributed by atoms with van der Waals surface area (Å²) in [6.07, 6.45) is 5.20. The summed E-state index contributed by atoms with van der Waals surface area (Å²) in [6, 6.07) is 3.86. The van der Waals surface area contributed by atoms with Gasteiger partial charge in [-0.15, -0.1) is 0 Å². The lowest BCUT2D eigenvalue weighted by Gasteiger charge is -2.13. The third kappa shape index (κ3) is 7.27. The molecule has 7 nitrogen and oxygen atoms in total. The molecule has 0 saturated carbocycles. The van der Waals surface area contributed by atoms with E-state index in [0.717, 1.165) is 57.1 Å². The molecule has 2 N–H and O–H groups in total. The minimum Gasteiger partial charge on any atom is -0.481 e. The lowest BCUT2D eigenvalue weighted by Crippen LogP contribution is -2.38. The Morgan fingerprint density at radius 1 is 1.44 bits per heavy atom. The first-order valence-electron chi connectivity index (χ1n) is 9.03. The van der Waals surface area contributed by atoms with E-state index in [4.69, 9.17) is 14.2 Å². The average molecular weight is 350 g/mol. The molecule has 0 aromatic carbocycles. The molecule has 1 fully saturated rings. The number of aromatic nitrogens is 1. The highest BCUT2D eigenvalue weighted by Crippen LogP contribution is 2.14. The number of nitrogens with one attached hydrogen (secondary N) is 2. The van der Waals surface area contributed by atoms with Crippen molar-refractivity contribution in [1.82, 2.24) is 15.6 Å². The second-order valence-electron chi connectivity index (χ2n) is 5.86. The van der Waals surface area contributed by atoms with Gasteiger partial charge in [0.15, 0.2) is 5.96 Å². The first kappa shape index (κ1) is 19.5. The molecule has 2 rings (SSSR count). The molecule has 140 valence electrons. The Hall–Kier alpha value is -1.86. The standard InChI is InChI=1S/C18H30N4O3/c1-3-19-18(22-13-15-7-4-9-20-17(15)23-2)21-10-6-11-24-14-16-8-5-12-25-16/h4,7,9,16H,3,5-6,8,10-14H2,1-2H3,(H2,19,21,22). The first-order valence-corrected chi connectivity index (χ1v) is 9.03. The van der Waals surface area contributed by atoms with Crippen LogP contribution in [0.2, 0.25) is 0 Å². The van der Waals surface area contributed by atoms with Gasteiger partial charge in [-0.3, -0.25) is 0 Å². The number of methoxy groups -OCH3 is 1. The zero-order valence-electron chi connectivity index (χ0n) is 15.3. The van der Waals surface area contributed by atoms with Gasteiger partial charge in [-0.25, -0.2) is 9.98 Å². The van der Waals surface area contributed by atoms with Crippen LogP contribution < -0.4 is 15.4 Å². The minimum absolute atomic E-state index is 0.293. The van der Waals surface area contributed by atoms with Crippen LogP contribution in [0.1, 0.15) is 31.7 Å². The van der Waals surface area contributed by atoms with Gasteiger partial charge < -0.3 is 24.8 Å². The number of aliphatic imine (C=N–C) groups is 1. The summed E-state index contributed by atoms with van der Waals surface area (Å²) in [6.45, 7) is 6.49. The van der Waals surface area contributed by atoms with Gasteiger partial charge in [0.2, 0.25) is 5.88 Å². The Kier molecular flexibility index (Phi) is 9.07. The Bertz CT molecular complexity index is 519. The summed E-state index contributed by atoms with van der Waals surface area (Å²) in [5, 5.41) is 6.57. The van der Waals surface area contributed by atoms with Crippen molar-refractivity contribution in [3.8, 4) is 5.88 Å². The van der Waals surface area contributed by atoms with Crippen LogP contribution in [0.15, 0.2) is 23.3 Å². The molecule has 1 aromatic rings. The van der Waals surface area contributed by atoms with Gasteiger partial charge in [-0.05, 0) is 32.3 Å². The van der Waals surface area contributed by atoms with E-state index >= 15 is 0 Å². The monoisotopic (exact) mass is 350 g/mol. The second kappa shape index (κ2) is 11.7. The molecule has 1 aromatic heterocycles. The van der Waals surface area contributed by atoms with Crippen molar-refractivity contribution < 1.29 is 14.2 Å². The third-order valence-corrected chi connectivity index (χ3v) is 3.88. The Morgan fingerprint density at radius 2 is 2.36 bits per heavy atom. The van der Waals surface area contributed by atoms with Gasteiger partial charge in [0.05, 0.1) is 26.4 Å². The SMILES string of the molecule is CCNC(=NCc1cccnc1OC)NCCCOCC1CCCO1. The molecular formula is C18H30N4O3. The highest BCUT2D eigenvalue weighted by atomic mass is 16.5. The number of ether oxygens (including phenoxy) is 3. The maximum Gasteiger partial charge on any atom is 0.218 e. The van der Waals surface area contributed by atoms with Gasteiger partial charge in [0.1, 0.15) is 0 Å². The van der Waals surface area contributed by atoms with Crippen LogP contribution in [-0.4, -0.2) is 57.1 Å². The van der Waals surface area contributed by atoms with E-state index in [0.29, 0.717) is 25.1 Å². The summed E-state index contributed by atoms with van der Waals surface area (Å²) in [5.74, 6) is 1.40. The van der Waals surface area contributed by atoms with E-state index in [2.05, 4.69) is 20.6 Å². The fourth-order valence-electron chi connectivity index (χ4n) is 2.61. The van der Waals surface area contributed by atoms with E-state index < -0.39 is 0 Å². The van der Waals surface area contributed by atoms with Crippen LogP contribution in [-0.2, 0) is 16.0 Å². The quantitative estimate of drug-likeness (QED) is 0.380. The maximum atomic E-state index is 5.67. The van der Waals surface area contributed by atoms with E-state index in [9.17, 15) is 0 Å². The van der Waals surface area contributed by atoms with Crippen molar-refractivity contribution in [1.29, 1.82) is 0 Å². The lowest BCUT2D eigenvalue weighted by atomic mass is 10.2. The summed E-state index contributed by atoms with van der Waals surface area (Å²) in [5.41, 5.74) is 0.960. The van der Waals surface area contributed by atoms with Gasteiger partial charge in [0.25, 0.3) is 0 Å². The van der Waals surface area contributed by atoms with Crippen molar-refractivity contribution in [3.05, 3.63) is 23.9 Å². The number of rotatable bonds is 10. The van der Waals surface area contributed by atoms with Crippen LogP contribution >= 0.6 is 0 Å². The molecule has 25 heavy (non-hydrogen) atoms. The molecule has 7 heteroatoms. The molecule has 1 atom stereocenters. The molecule has 1 saturated heterocycles. The number of nitrogens with zero attached hydrogens (tertiary/aromatic N) is 2. The number of guanidine groups is 1. The molecule has 1 aliphatic heterocycles. The summed E-state index contributed by atoms with van der Waals surface area (Å²) in [4.78, 5) is 8.78. The molecular weight excluding hydrogens is 320 g/mol. The highest BCUT2D eigenvalue weighted by molar-refractivity contribution is 5.79. The summed E-state index contributed by atoms with van der Waals surface area (Å²) < 4.78 is 16.5. The van der Waals surface area contributed by atoms with Gasteiger partial charge >= 0.3 is 0 Å². The van der Waals surface area contributed by atoms with E-state index in [1.165, 1.54) is 0 Å². The molecule has 2 heterocycles. The highest BCUT2D eigenvalue weighted by Gasteiger charge is 2.14. The predicted octanol–water partition coefficient (Wildman–Crippen LogP) is 1.73. The number of pyridine rings is 1. The summed E-state index contributed by atoms with van der Waals surface area (Å²) >= 11 is 0. The largest absolute Gasteiger partial charge is 0.481 e. The van der Waals surface area contributed by atoms with Crippen molar-refractivity contribution in [2.75, 3.05) is 40.0 Å². The second-order valence-corrected chi connectivity index (χ2v) is 5.86. The van der Waals surface area contributed by atoms with Crippen LogP contribution in [0.3, 0.4) is 0 Å². The normalized spacial score (nSPS) is 17.5. The van der Waals surface area contributed by atoms with Crippen molar-refractivity contribution in [2.45, 2.75) is 38.8 Å². The van der Waals surface area contributed by atoms with E-state index in [-0.39, 0.29) is 0 Å². The average Bonchev–Trinajstić information content (AvgIpc) is 3.16. The summed E-state index contributed by atoms with van der Waals surface area (Å²) in [7, 11) is 1.62. The molecule has 1 aliphatic rings. The zero-order chi connectivity index (χ0) is 17.7. The van der Waals surface area contributed by atoms with Gasteiger partial charge in [-0.2, -0.15) is 0 Å². The molecule has 0 aliphatic carbocycles. The minimum atomic E-state index is 0.293. The Balaban J connectivity index is 1.68. The van der Waals surface area contributed by atoms with Crippen LogP contribution in [0.4, 0.5) is 0 Å². The molecule has 0 radical (unpaired) electrons. The van der Waals surface area contributed by atoms with Crippen LogP contribution in [0, 0.1) is 0 Å². The molecule has 0 amide bonds. The van der Waals surface area contributed by atoms with Gasteiger partial charge in [-0.1, -0.05) is 6.07 Å². The van der Waals surface area contributed by atoms with E-state index in [1.54, 1.807) is 13.3 Å². The van der Waals surface area contributed by atoms with Crippen LogP contribution in [0.25, 0.3) is 0 Å². The van der Waals surface area contributed by atoms with Crippen molar-refractivity contribution >= 4 is 5.96 Å². The predicted molar refractivity (Wildman–Crippen MR) is 98.0 cm³/mol. The molecule has 0 bridgehead atoms.